The van der Waals surface area contributed by atoms with Gasteiger partial charge in [-0.3, -0.25) is 9.88 Å². The maximum atomic E-state index is 16.8. The number of benzene rings is 2. The predicted molar refractivity (Wildman–Crippen MR) is 171 cm³/mol. The summed E-state index contributed by atoms with van der Waals surface area (Å²) < 4.78 is 44.0. The quantitative estimate of drug-likeness (QED) is 0.247. The highest BCUT2D eigenvalue weighted by Gasteiger charge is 2.48. The molecule has 238 valence electrons. The average molecular weight is 618 g/mol. The van der Waals surface area contributed by atoms with Crippen molar-refractivity contribution >= 4 is 27.5 Å². The molecule has 7 rings (SSSR count). The molecule has 1 saturated carbocycles. The van der Waals surface area contributed by atoms with Crippen LogP contribution in [0.25, 0.3) is 32.9 Å². The van der Waals surface area contributed by atoms with E-state index in [2.05, 4.69) is 26.7 Å². The number of ether oxygens (including phenoxy) is 2. The second-order valence-corrected chi connectivity index (χ2v) is 12.7. The third-order valence-corrected chi connectivity index (χ3v) is 10.2. The minimum Gasteiger partial charge on any atom is -0.508 e. The van der Waals surface area contributed by atoms with Crippen molar-refractivity contribution in [3.8, 4) is 23.0 Å². The number of hydrogen-bond acceptors (Lipinski definition) is 8. The molecule has 3 aliphatic rings. The van der Waals surface area contributed by atoms with Gasteiger partial charge in [-0.15, -0.1) is 0 Å². The van der Waals surface area contributed by atoms with E-state index >= 15 is 4.39 Å². The number of phenolic OH excluding ortho intramolecular Hbond substituents is 1. The molecule has 1 aliphatic carbocycles. The van der Waals surface area contributed by atoms with Crippen LogP contribution in [0.5, 0.6) is 11.8 Å². The fourth-order valence-electron chi connectivity index (χ4n) is 8.10. The minimum atomic E-state index is -0.656. The summed E-state index contributed by atoms with van der Waals surface area (Å²) in [5.41, 5.74) is 0.891. The van der Waals surface area contributed by atoms with Gasteiger partial charge < -0.3 is 19.5 Å². The number of fused-ring (bicyclic) bond motifs is 3. The van der Waals surface area contributed by atoms with Gasteiger partial charge in [0.1, 0.15) is 28.6 Å². The second-order valence-electron chi connectivity index (χ2n) is 12.7. The standard InChI is InChI=1S/C35H41F2N5O3/c1-3-24-27(36)10-9-22-18-23(43)19-25(29(22)24)31-30(37)32-26(20-38-31)33(42-14-7-16-44-17-15-42)40-34(39-32)45-21-35-11-5-8-28(35)41(4-2)13-6-12-35/h9-10,18-20,28,43H,3-8,11-17,21H2,1-2H3/t28-,35-/m1/s1. The number of aromatic hydroxyl groups is 1. The molecule has 4 heterocycles. The maximum Gasteiger partial charge on any atom is 0.319 e. The SMILES string of the molecule is CCc1c(F)ccc2cc(O)cc(-c3ncc4c(N5CCCOCC5)nc(OC[C@]56CCC[C@H]5N(CC)CCC6)nc4c3F)c12. The summed E-state index contributed by atoms with van der Waals surface area (Å²) in [6, 6.07) is 6.60. The zero-order chi connectivity index (χ0) is 31.1. The smallest absolute Gasteiger partial charge is 0.319 e. The van der Waals surface area contributed by atoms with E-state index < -0.39 is 5.82 Å². The van der Waals surface area contributed by atoms with Gasteiger partial charge in [-0.1, -0.05) is 26.3 Å². The second kappa shape index (κ2) is 12.3. The molecule has 2 aromatic heterocycles. The van der Waals surface area contributed by atoms with E-state index in [4.69, 9.17) is 14.5 Å². The Balaban J connectivity index is 1.36. The lowest BCUT2D eigenvalue weighted by molar-refractivity contribution is 0.00248. The molecular formula is C35H41F2N5O3. The Hall–Kier alpha value is -3.63. The highest BCUT2D eigenvalue weighted by molar-refractivity contribution is 6.01. The first-order chi connectivity index (χ1) is 21.9. The van der Waals surface area contributed by atoms with Crippen molar-refractivity contribution in [3.05, 3.63) is 47.7 Å². The summed E-state index contributed by atoms with van der Waals surface area (Å²) in [6.07, 6.45) is 8.46. The largest absolute Gasteiger partial charge is 0.508 e. The maximum absolute atomic E-state index is 16.8. The summed E-state index contributed by atoms with van der Waals surface area (Å²) in [7, 11) is 0. The summed E-state index contributed by atoms with van der Waals surface area (Å²) >= 11 is 0. The lowest BCUT2D eigenvalue weighted by atomic mass is 9.75. The van der Waals surface area contributed by atoms with E-state index in [0.717, 1.165) is 45.2 Å². The molecule has 2 aliphatic heterocycles. The molecular weight excluding hydrogens is 576 g/mol. The summed E-state index contributed by atoms with van der Waals surface area (Å²) in [6.45, 7) is 9.18. The number of likely N-dealkylation sites (tertiary alicyclic amines) is 1. The molecule has 0 spiro atoms. The van der Waals surface area contributed by atoms with Gasteiger partial charge in [-0.05, 0) is 86.1 Å². The van der Waals surface area contributed by atoms with E-state index in [1.54, 1.807) is 18.3 Å². The van der Waals surface area contributed by atoms with Gasteiger partial charge in [-0.25, -0.2) is 8.78 Å². The van der Waals surface area contributed by atoms with Crippen LogP contribution in [0.4, 0.5) is 14.6 Å². The van der Waals surface area contributed by atoms with Crippen LogP contribution in [-0.2, 0) is 11.2 Å². The summed E-state index contributed by atoms with van der Waals surface area (Å²) in [4.78, 5) is 18.8. The highest BCUT2D eigenvalue weighted by atomic mass is 19.1. The molecule has 10 heteroatoms. The van der Waals surface area contributed by atoms with Gasteiger partial charge in [0, 0.05) is 42.9 Å². The van der Waals surface area contributed by atoms with Crippen LogP contribution >= 0.6 is 0 Å². The Labute approximate surface area is 262 Å². The summed E-state index contributed by atoms with van der Waals surface area (Å²) in [5, 5.41) is 12.2. The van der Waals surface area contributed by atoms with E-state index in [1.165, 1.54) is 18.6 Å². The van der Waals surface area contributed by atoms with Crippen molar-refractivity contribution in [2.75, 3.05) is 50.9 Å². The van der Waals surface area contributed by atoms with Crippen molar-refractivity contribution in [2.24, 2.45) is 5.41 Å². The average Bonchev–Trinajstić information content (AvgIpc) is 3.30. The Morgan fingerprint density at radius 3 is 2.76 bits per heavy atom. The number of halogens is 2. The molecule has 0 radical (unpaired) electrons. The van der Waals surface area contributed by atoms with Crippen LogP contribution < -0.4 is 9.64 Å². The van der Waals surface area contributed by atoms with E-state index in [-0.39, 0.29) is 34.2 Å². The van der Waals surface area contributed by atoms with Crippen molar-refractivity contribution < 1.29 is 23.4 Å². The molecule has 8 nitrogen and oxygen atoms in total. The molecule has 0 amide bonds. The van der Waals surface area contributed by atoms with Gasteiger partial charge in [0.25, 0.3) is 0 Å². The van der Waals surface area contributed by atoms with Crippen LogP contribution in [0.3, 0.4) is 0 Å². The fraction of sp³-hybridized carbons (Fsp3) is 0.514. The molecule has 0 unspecified atom stereocenters. The number of aryl methyl sites for hydroxylation is 1. The highest BCUT2D eigenvalue weighted by Crippen LogP contribution is 2.48. The van der Waals surface area contributed by atoms with Crippen LogP contribution in [0, 0.1) is 17.0 Å². The van der Waals surface area contributed by atoms with Crippen LogP contribution in [-0.4, -0.2) is 77.0 Å². The first kappa shape index (κ1) is 30.0. The van der Waals surface area contributed by atoms with Crippen LogP contribution in [0.2, 0.25) is 0 Å². The molecule has 4 aromatic rings. The van der Waals surface area contributed by atoms with Crippen molar-refractivity contribution in [3.63, 3.8) is 0 Å². The lowest BCUT2D eigenvalue weighted by Gasteiger charge is -2.45. The molecule has 2 saturated heterocycles. The number of anilines is 1. The number of nitrogens with zero attached hydrogens (tertiary/aromatic N) is 5. The summed E-state index contributed by atoms with van der Waals surface area (Å²) in [5.74, 6) is -0.519. The first-order valence-corrected chi connectivity index (χ1v) is 16.4. The Morgan fingerprint density at radius 2 is 1.91 bits per heavy atom. The molecule has 2 aromatic carbocycles. The van der Waals surface area contributed by atoms with E-state index in [0.29, 0.717) is 78.5 Å². The topological polar surface area (TPSA) is 83.8 Å². The lowest BCUT2D eigenvalue weighted by Crippen LogP contribution is -2.51. The van der Waals surface area contributed by atoms with E-state index in [1.807, 2.05) is 6.92 Å². The number of phenols is 1. The van der Waals surface area contributed by atoms with Crippen molar-refractivity contribution in [1.29, 1.82) is 0 Å². The molecule has 1 N–H and O–H groups in total. The molecule has 0 bridgehead atoms. The fourth-order valence-corrected chi connectivity index (χ4v) is 8.10. The number of hydrogen-bond donors (Lipinski definition) is 1. The predicted octanol–water partition coefficient (Wildman–Crippen LogP) is 6.65. The van der Waals surface area contributed by atoms with Crippen LogP contribution in [0.1, 0.15) is 57.9 Å². The monoisotopic (exact) mass is 617 g/mol. The number of pyridine rings is 1. The minimum absolute atomic E-state index is 0.00109. The van der Waals surface area contributed by atoms with Crippen LogP contribution in [0.15, 0.2) is 30.5 Å². The zero-order valence-electron chi connectivity index (χ0n) is 26.1. The third kappa shape index (κ3) is 5.35. The van der Waals surface area contributed by atoms with E-state index in [9.17, 15) is 9.50 Å². The van der Waals surface area contributed by atoms with Gasteiger partial charge in [-0.2, -0.15) is 9.97 Å². The Morgan fingerprint density at radius 1 is 1.04 bits per heavy atom. The normalized spacial score (nSPS) is 22.6. The third-order valence-electron chi connectivity index (χ3n) is 10.2. The molecule has 45 heavy (non-hydrogen) atoms. The van der Waals surface area contributed by atoms with Gasteiger partial charge >= 0.3 is 6.01 Å². The Kier molecular flexibility index (Phi) is 8.20. The number of aromatic nitrogens is 3. The Bertz CT molecular complexity index is 1730. The number of piperidine rings is 1. The van der Waals surface area contributed by atoms with Crippen molar-refractivity contribution in [1.82, 2.24) is 19.9 Å². The van der Waals surface area contributed by atoms with Gasteiger partial charge in [0.2, 0.25) is 0 Å². The zero-order valence-corrected chi connectivity index (χ0v) is 26.1. The van der Waals surface area contributed by atoms with Gasteiger partial charge in [0.15, 0.2) is 5.82 Å². The number of rotatable bonds is 7. The van der Waals surface area contributed by atoms with Crippen molar-refractivity contribution in [2.45, 2.75) is 64.8 Å². The van der Waals surface area contributed by atoms with Gasteiger partial charge in [0.05, 0.1) is 18.6 Å². The molecule has 3 fully saturated rings. The first-order valence-electron chi connectivity index (χ1n) is 16.4. The molecule has 2 atom stereocenters.